The minimum absolute atomic E-state index is 0. The van der Waals surface area contributed by atoms with Crippen LogP contribution >= 0.6 is 35.3 Å². The fraction of sp³-hybridized carbons (Fsp3) is 0.545. The van der Waals surface area contributed by atoms with E-state index in [-0.39, 0.29) is 24.0 Å². The van der Waals surface area contributed by atoms with Gasteiger partial charge in [0.2, 0.25) is 0 Å². The normalized spacial score (nSPS) is 16.2. The van der Waals surface area contributed by atoms with Gasteiger partial charge in [-0.3, -0.25) is 4.99 Å². The number of hydrogen-bond acceptors (Lipinski definition) is 5. The lowest BCUT2D eigenvalue weighted by Crippen LogP contribution is -2.37. The van der Waals surface area contributed by atoms with Gasteiger partial charge in [0.15, 0.2) is 5.96 Å². The third kappa shape index (κ3) is 8.03. The Balaban J connectivity index is 0.00000320. The Morgan fingerprint density at radius 3 is 2.90 bits per heavy atom. The number of nitrogens with one attached hydrogen (secondary N) is 2. The van der Waals surface area contributed by atoms with Crippen LogP contribution in [0.4, 0.5) is 0 Å². The summed E-state index contributed by atoms with van der Waals surface area (Å²) in [5, 5.41) is 10.1. The van der Waals surface area contributed by atoms with Gasteiger partial charge in [0.05, 0.1) is 18.2 Å². The molecule has 2 aromatic rings. The SMILES string of the molecule is CN=C(NCCCc1nc(C)cs1)NCc1ccc(C)cc1OCC1CCOC1.I. The topological polar surface area (TPSA) is 67.8 Å². The van der Waals surface area contributed by atoms with Crippen molar-refractivity contribution in [2.45, 2.75) is 39.7 Å². The summed E-state index contributed by atoms with van der Waals surface area (Å²) in [4.78, 5) is 8.84. The predicted octanol–water partition coefficient (Wildman–Crippen LogP) is 4.09. The summed E-state index contributed by atoms with van der Waals surface area (Å²) in [5.41, 5.74) is 3.44. The first-order valence-electron chi connectivity index (χ1n) is 10.3. The first kappa shape index (κ1) is 24.9. The van der Waals surface area contributed by atoms with E-state index in [9.17, 15) is 0 Å². The van der Waals surface area contributed by atoms with E-state index in [4.69, 9.17) is 9.47 Å². The van der Waals surface area contributed by atoms with Gasteiger partial charge in [-0.25, -0.2) is 4.98 Å². The Morgan fingerprint density at radius 2 is 2.20 bits per heavy atom. The highest BCUT2D eigenvalue weighted by Crippen LogP contribution is 2.22. The van der Waals surface area contributed by atoms with E-state index >= 15 is 0 Å². The summed E-state index contributed by atoms with van der Waals surface area (Å²) < 4.78 is 11.6. The monoisotopic (exact) mass is 544 g/mol. The summed E-state index contributed by atoms with van der Waals surface area (Å²) in [6.45, 7) is 8.01. The molecule has 2 heterocycles. The van der Waals surface area contributed by atoms with Gasteiger partial charge in [-0.05, 0) is 38.3 Å². The molecule has 1 fully saturated rings. The molecule has 6 nitrogen and oxygen atoms in total. The van der Waals surface area contributed by atoms with E-state index in [0.29, 0.717) is 19.1 Å². The summed E-state index contributed by atoms with van der Waals surface area (Å²) in [6, 6.07) is 6.36. The number of ether oxygens (including phenoxy) is 2. The molecule has 3 rings (SSSR count). The molecule has 1 unspecified atom stereocenters. The lowest BCUT2D eigenvalue weighted by molar-refractivity contribution is 0.166. The number of aryl methyl sites for hydroxylation is 3. The van der Waals surface area contributed by atoms with Crippen molar-refractivity contribution >= 4 is 41.3 Å². The van der Waals surface area contributed by atoms with Gasteiger partial charge in [-0.2, -0.15) is 0 Å². The van der Waals surface area contributed by atoms with Crippen molar-refractivity contribution in [3.8, 4) is 5.75 Å². The van der Waals surface area contributed by atoms with Crippen molar-refractivity contribution < 1.29 is 9.47 Å². The highest BCUT2D eigenvalue weighted by molar-refractivity contribution is 14.0. The number of thiazole rings is 1. The molecule has 1 aliphatic rings. The van der Waals surface area contributed by atoms with Crippen molar-refractivity contribution in [3.63, 3.8) is 0 Å². The van der Waals surface area contributed by atoms with Crippen LogP contribution < -0.4 is 15.4 Å². The first-order valence-corrected chi connectivity index (χ1v) is 11.2. The second-order valence-corrected chi connectivity index (χ2v) is 8.43. The summed E-state index contributed by atoms with van der Waals surface area (Å²) in [7, 11) is 1.80. The third-order valence-electron chi connectivity index (χ3n) is 4.92. The molecular formula is C22H33IN4O2S. The molecule has 30 heavy (non-hydrogen) atoms. The van der Waals surface area contributed by atoms with Crippen LogP contribution in [0.3, 0.4) is 0 Å². The van der Waals surface area contributed by atoms with E-state index < -0.39 is 0 Å². The summed E-state index contributed by atoms with van der Waals surface area (Å²) in [6.07, 6.45) is 3.09. The second-order valence-electron chi connectivity index (χ2n) is 7.49. The van der Waals surface area contributed by atoms with E-state index in [2.05, 4.69) is 51.1 Å². The molecule has 0 spiro atoms. The van der Waals surface area contributed by atoms with Crippen LogP contribution in [0.2, 0.25) is 0 Å². The smallest absolute Gasteiger partial charge is 0.191 e. The molecule has 1 saturated heterocycles. The molecule has 1 aromatic heterocycles. The molecule has 0 radical (unpaired) electrons. The Bertz CT molecular complexity index is 806. The zero-order valence-corrected chi connectivity index (χ0v) is 21.2. The van der Waals surface area contributed by atoms with Gasteiger partial charge in [-0.1, -0.05) is 12.1 Å². The lowest BCUT2D eigenvalue weighted by Gasteiger charge is -2.17. The van der Waals surface area contributed by atoms with Crippen LogP contribution in [0.15, 0.2) is 28.6 Å². The maximum atomic E-state index is 6.13. The van der Waals surface area contributed by atoms with Gasteiger partial charge < -0.3 is 20.1 Å². The number of aromatic nitrogens is 1. The Hall–Kier alpha value is -1.39. The van der Waals surface area contributed by atoms with Crippen LogP contribution in [-0.4, -0.2) is 44.4 Å². The third-order valence-corrected chi connectivity index (χ3v) is 5.94. The summed E-state index contributed by atoms with van der Waals surface area (Å²) in [5.74, 6) is 2.24. The average molecular weight is 545 g/mol. The number of halogens is 1. The number of hydrogen-bond donors (Lipinski definition) is 2. The summed E-state index contributed by atoms with van der Waals surface area (Å²) >= 11 is 1.73. The Kier molecular flexibility index (Phi) is 10.9. The molecule has 1 aromatic carbocycles. The largest absolute Gasteiger partial charge is 0.493 e. The van der Waals surface area contributed by atoms with Crippen molar-refractivity contribution in [1.29, 1.82) is 0 Å². The molecule has 166 valence electrons. The molecule has 1 atom stereocenters. The van der Waals surface area contributed by atoms with Crippen molar-refractivity contribution in [3.05, 3.63) is 45.4 Å². The second kappa shape index (κ2) is 13.1. The highest BCUT2D eigenvalue weighted by Gasteiger charge is 2.17. The minimum atomic E-state index is 0. The van der Waals surface area contributed by atoms with Crippen molar-refractivity contribution in [2.75, 3.05) is 33.4 Å². The van der Waals surface area contributed by atoms with Crippen molar-refractivity contribution in [1.82, 2.24) is 15.6 Å². The molecule has 1 aliphatic heterocycles. The zero-order valence-electron chi connectivity index (χ0n) is 18.1. The number of rotatable bonds is 9. The minimum Gasteiger partial charge on any atom is -0.493 e. The number of guanidine groups is 1. The average Bonchev–Trinajstić information content (AvgIpc) is 3.38. The maximum absolute atomic E-state index is 6.13. The van der Waals surface area contributed by atoms with E-state index in [0.717, 1.165) is 62.0 Å². The van der Waals surface area contributed by atoms with E-state index in [1.165, 1.54) is 10.6 Å². The molecule has 0 aliphatic carbocycles. The fourth-order valence-electron chi connectivity index (χ4n) is 3.23. The van der Waals surface area contributed by atoms with Gasteiger partial charge in [0, 0.05) is 55.7 Å². The van der Waals surface area contributed by atoms with Crippen LogP contribution in [0, 0.1) is 19.8 Å². The Labute approximate surface area is 200 Å². The molecule has 2 N–H and O–H groups in total. The number of benzene rings is 1. The van der Waals surface area contributed by atoms with Crippen molar-refractivity contribution in [2.24, 2.45) is 10.9 Å². The van der Waals surface area contributed by atoms with Gasteiger partial charge in [0.1, 0.15) is 5.75 Å². The molecule has 0 amide bonds. The quantitative estimate of drug-likeness (QED) is 0.216. The van der Waals surface area contributed by atoms with E-state index in [1.807, 2.05) is 6.92 Å². The maximum Gasteiger partial charge on any atom is 0.191 e. The van der Waals surface area contributed by atoms with E-state index in [1.54, 1.807) is 18.4 Å². The van der Waals surface area contributed by atoms with Crippen LogP contribution in [0.1, 0.15) is 34.7 Å². The standard InChI is InChI=1S/C22H32N4O2S.HI/c1-16-6-7-19(20(11-16)28-14-18-8-10-27-13-18)12-25-22(23-3)24-9-4-5-21-26-17(2)15-29-21;/h6-7,11,15,18H,4-5,8-10,12-14H2,1-3H3,(H2,23,24,25);1H. The van der Waals surface area contributed by atoms with Gasteiger partial charge in [-0.15, -0.1) is 35.3 Å². The van der Waals surface area contributed by atoms with Crippen LogP contribution in [0.5, 0.6) is 5.75 Å². The first-order chi connectivity index (χ1) is 14.1. The predicted molar refractivity (Wildman–Crippen MR) is 134 cm³/mol. The highest BCUT2D eigenvalue weighted by atomic mass is 127. The molecule has 8 heteroatoms. The zero-order chi connectivity index (χ0) is 20.5. The lowest BCUT2D eigenvalue weighted by atomic mass is 10.1. The molecular weight excluding hydrogens is 511 g/mol. The van der Waals surface area contributed by atoms with Gasteiger partial charge >= 0.3 is 0 Å². The Morgan fingerprint density at radius 1 is 1.33 bits per heavy atom. The van der Waals surface area contributed by atoms with Crippen LogP contribution in [-0.2, 0) is 17.7 Å². The molecule has 0 bridgehead atoms. The number of aliphatic imine (C=N–C) groups is 1. The fourth-order valence-corrected chi connectivity index (χ4v) is 4.05. The number of nitrogens with zero attached hydrogens (tertiary/aromatic N) is 2. The molecule has 0 saturated carbocycles. The van der Waals surface area contributed by atoms with Crippen LogP contribution in [0.25, 0.3) is 0 Å². The van der Waals surface area contributed by atoms with Gasteiger partial charge in [0.25, 0.3) is 0 Å².